The van der Waals surface area contributed by atoms with Gasteiger partial charge < -0.3 is 4.74 Å². The van der Waals surface area contributed by atoms with Crippen molar-refractivity contribution in [3.8, 4) is 0 Å². The molecule has 3 nitrogen and oxygen atoms in total. The summed E-state index contributed by atoms with van der Waals surface area (Å²) in [4.78, 5) is 8.47. The van der Waals surface area contributed by atoms with Crippen LogP contribution in [-0.4, -0.2) is 17.1 Å². The monoisotopic (exact) mass is 180 g/mol. The molecule has 0 N–H and O–H groups in total. The smallest absolute Gasteiger partial charge is 0.157 e. The summed E-state index contributed by atoms with van der Waals surface area (Å²) in [7, 11) is 1.69. The van der Waals surface area contributed by atoms with Crippen molar-refractivity contribution in [1.29, 1.82) is 0 Å². The standard InChI is InChI=1S/C10H16N2O/c1-7(2)9(13-4)10-11-5-8(3)6-12-10/h5-7,9H,1-4H3/t9-/m0/s1. The van der Waals surface area contributed by atoms with Crippen LogP contribution >= 0.6 is 0 Å². The van der Waals surface area contributed by atoms with Gasteiger partial charge in [0.25, 0.3) is 0 Å². The van der Waals surface area contributed by atoms with Gasteiger partial charge in [-0.05, 0) is 18.4 Å². The molecule has 0 unspecified atom stereocenters. The molecule has 1 aromatic heterocycles. The van der Waals surface area contributed by atoms with Crippen LogP contribution in [0.2, 0.25) is 0 Å². The lowest BCUT2D eigenvalue weighted by Crippen LogP contribution is -2.12. The molecule has 0 fully saturated rings. The van der Waals surface area contributed by atoms with Crippen LogP contribution in [-0.2, 0) is 4.74 Å². The summed E-state index contributed by atoms with van der Waals surface area (Å²) < 4.78 is 5.31. The fourth-order valence-electron chi connectivity index (χ4n) is 1.23. The zero-order valence-electron chi connectivity index (χ0n) is 8.61. The van der Waals surface area contributed by atoms with Gasteiger partial charge in [-0.2, -0.15) is 0 Å². The summed E-state index contributed by atoms with van der Waals surface area (Å²) in [6.45, 7) is 6.16. The SMILES string of the molecule is CO[C@H](c1ncc(C)cn1)C(C)C. The number of aromatic nitrogens is 2. The van der Waals surface area contributed by atoms with Crippen molar-refractivity contribution < 1.29 is 4.74 Å². The predicted octanol–water partition coefficient (Wildman–Crippen LogP) is 2.13. The van der Waals surface area contributed by atoms with Gasteiger partial charge in [-0.1, -0.05) is 13.8 Å². The second-order valence-electron chi connectivity index (χ2n) is 3.52. The topological polar surface area (TPSA) is 35.0 Å². The highest BCUT2D eigenvalue weighted by Gasteiger charge is 2.17. The van der Waals surface area contributed by atoms with Gasteiger partial charge in [0.2, 0.25) is 0 Å². The molecule has 1 rings (SSSR count). The molecule has 0 aromatic carbocycles. The fraction of sp³-hybridized carbons (Fsp3) is 0.600. The van der Waals surface area contributed by atoms with Crippen molar-refractivity contribution in [3.05, 3.63) is 23.8 Å². The van der Waals surface area contributed by atoms with Crippen molar-refractivity contribution >= 4 is 0 Å². The maximum atomic E-state index is 5.31. The first kappa shape index (κ1) is 10.1. The molecule has 72 valence electrons. The Hall–Kier alpha value is -0.960. The molecule has 0 saturated carbocycles. The third-order valence-corrected chi connectivity index (χ3v) is 1.91. The summed E-state index contributed by atoms with van der Waals surface area (Å²) in [5, 5.41) is 0. The number of rotatable bonds is 3. The molecule has 0 spiro atoms. The van der Waals surface area contributed by atoms with Crippen molar-refractivity contribution in [2.24, 2.45) is 5.92 Å². The van der Waals surface area contributed by atoms with Crippen LogP contribution in [0.4, 0.5) is 0 Å². The van der Waals surface area contributed by atoms with Crippen LogP contribution in [0.5, 0.6) is 0 Å². The van der Waals surface area contributed by atoms with E-state index < -0.39 is 0 Å². The molecule has 0 radical (unpaired) electrons. The van der Waals surface area contributed by atoms with Gasteiger partial charge in [0, 0.05) is 19.5 Å². The summed E-state index contributed by atoms with van der Waals surface area (Å²) in [5.74, 6) is 1.16. The number of ether oxygens (including phenoxy) is 1. The Bertz CT molecular complexity index is 256. The van der Waals surface area contributed by atoms with Gasteiger partial charge in [-0.25, -0.2) is 9.97 Å². The summed E-state index contributed by atoms with van der Waals surface area (Å²) in [6, 6.07) is 0. The quantitative estimate of drug-likeness (QED) is 0.714. The van der Waals surface area contributed by atoms with E-state index in [-0.39, 0.29) is 6.10 Å². The van der Waals surface area contributed by atoms with Crippen LogP contribution in [0.3, 0.4) is 0 Å². The third-order valence-electron chi connectivity index (χ3n) is 1.91. The second kappa shape index (κ2) is 4.33. The Morgan fingerprint density at radius 3 is 2.15 bits per heavy atom. The molecule has 13 heavy (non-hydrogen) atoms. The molecular weight excluding hydrogens is 164 g/mol. The lowest BCUT2D eigenvalue weighted by Gasteiger charge is -2.17. The van der Waals surface area contributed by atoms with Crippen molar-refractivity contribution in [3.63, 3.8) is 0 Å². The Kier molecular flexibility index (Phi) is 3.37. The Balaban J connectivity index is 2.86. The Morgan fingerprint density at radius 2 is 1.77 bits per heavy atom. The van der Waals surface area contributed by atoms with E-state index >= 15 is 0 Å². The van der Waals surface area contributed by atoms with E-state index in [0.717, 1.165) is 11.4 Å². The molecule has 0 aliphatic heterocycles. The molecule has 0 aliphatic carbocycles. The highest BCUT2D eigenvalue weighted by Crippen LogP contribution is 2.20. The number of hydrogen-bond donors (Lipinski definition) is 0. The van der Waals surface area contributed by atoms with Crippen molar-refractivity contribution in [1.82, 2.24) is 9.97 Å². The van der Waals surface area contributed by atoms with Gasteiger partial charge in [0.15, 0.2) is 5.82 Å². The van der Waals surface area contributed by atoms with E-state index in [0.29, 0.717) is 5.92 Å². The minimum Gasteiger partial charge on any atom is -0.373 e. The number of hydrogen-bond acceptors (Lipinski definition) is 3. The summed E-state index contributed by atoms with van der Waals surface area (Å²) >= 11 is 0. The van der Waals surface area contributed by atoms with E-state index in [1.54, 1.807) is 7.11 Å². The van der Waals surface area contributed by atoms with E-state index in [1.165, 1.54) is 0 Å². The molecule has 0 saturated heterocycles. The van der Waals surface area contributed by atoms with Gasteiger partial charge in [0.1, 0.15) is 6.10 Å². The van der Waals surface area contributed by atoms with E-state index in [4.69, 9.17) is 4.74 Å². The zero-order valence-corrected chi connectivity index (χ0v) is 8.61. The lowest BCUT2D eigenvalue weighted by atomic mass is 10.1. The van der Waals surface area contributed by atoms with Crippen LogP contribution in [0, 0.1) is 12.8 Å². The van der Waals surface area contributed by atoms with Gasteiger partial charge in [-0.15, -0.1) is 0 Å². The molecule has 0 bridgehead atoms. The number of methoxy groups -OCH3 is 1. The molecular formula is C10H16N2O. The maximum absolute atomic E-state index is 5.31. The summed E-state index contributed by atoms with van der Waals surface area (Å²) in [6.07, 6.45) is 3.63. The number of aryl methyl sites for hydroxylation is 1. The Labute approximate surface area is 79.2 Å². The molecule has 0 aliphatic rings. The minimum absolute atomic E-state index is 0.000556. The van der Waals surface area contributed by atoms with E-state index in [9.17, 15) is 0 Å². The first-order chi connectivity index (χ1) is 6.15. The second-order valence-corrected chi connectivity index (χ2v) is 3.52. The fourth-order valence-corrected chi connectivity index (χ4v) is 1.23. The minimum atomic E-state index is 0.000556. The van der Waals surface area contributed by atoms with Crippen LogP contribution in [0.15, 0.2) is 12.4 Å². The van der Waals surface area contributed by atoms with Crippen molar-refractivity contribution in [2.75, 3.05) is 7.11 Å². The van der Waals surface area contributed by atoms with Crippen molar-refractivity contribution in [2.45, 2.75) is 26.9 Å². The zero-order chi connectivity index (χ0) is 9.84. The molecule has 0 amide bonds. The highest BCUT2D eigenvalue weighted by molar-refractivity contribution is 5.03. The third kappa shape index (κ3) is 2.49. The molecule has 1 atom stereocenters. The molecule has 1 aromatic rings. The first-order valence-electron chi connectivity index (χ1n) is 4.46. The molecule has 3 heteroatoms. The van der Waals surface area contributed by atoms with Gasteiger partial charge in [0.05, 0.1) is 0 Å². The first-order valence-corrected chi connectivity index (χ1v) is 4.46. The van der Waals surface area contributed by atoms with E-state index in [2.05, 4.69) is 23.8 Å². The summed E-state index contributed by atoms with van der Waals surface area (Å²) in [5.41, 5.74) is 1.07. The maximum Gasteiger partial charge on any atom is 0.157 e. The highest BCUT2D eigenvalue weighted by atomic mass is 16.5. The largest absolute Gasteiger partial charge is 0.373 e. The van der Waals surface area contributed by atoms with Gasteiger partial charge >= 0.3 is 0 Å². The van der Waals surface area contributed by atoms with Crippen LogP contribution < -0.4 is 0 Å². The average Bonchev–Trinajstić information content (AvgIpc) is 2.09. The number of nitrogens with zero attached hydrogens (tertiary/aromatic N) is 2. The lowest BCUT2D eigenvalue weighted by molar-refractivity contribution is 0.0574. The van der Waals surface area contributed by atoms with Gasteiger partial charge in [-0.3, -0.25) is 0 Å². The van der Waals surface area contributed by atoms with Crippen LogP contribution in [0.25, 0.3) is 0 Å². The van der Waals surface area contributed by atoms with E-state index in [1.807, 2.05) is 19.3 Å². The Morgan fingerprint density at radius 1 is 1.23 bits per heavy atom. The average molecular weight is 180 g/mol. The predicted molar refractivity (Wildman–Crippen MR) is 51.4 cm³/mol. The van der Waals surface area contributed by atoms with Crippen LogP contribution in [0.1, 0.15) is 31.3 Å². The molecule has 1 heterocycles. The normalized spacial score (nSPS) is 13.3.